The van der Waals surface area contributed by atoms with Crippen molar-refractivity contribution in [3.8, 4) is 0 Å². The lowest BCUT2D eigenvalue weighted by molar-refractivity contribution is 0.485. The number of hydrogen-bond acceptors (Lipinski definition) is 3. The molecule has 2 N–H and O–H groups in total. The second-order valence-electron chi connectivity index (χ2n) is 6.65. The summed E-state index contributed by atoms with van der Waals surface area (Å²) in [6.07, 6.45) is 2.52. The van der Waals surface area contributed by atoms with E-state index in [1.807, 2.05) is 0 Å². The normalized spacial score (nSPS) is 22.5. The third-order valence-corrected chi connectivity index (χ3v) is 5.80. The monoisotopic (exact) mass is 303 g/mol. The van der Waals surface area contributed by atoms with Crippen molar-refractivity contribution in [3.05, 3.63) is 29.6 Å². The molecular weight excluding hydrogens is 278 g/mol. The highest BCUT2D eigenvalue weighted by atomic mass is 32.2. The minimum absolute atomic E-state index is 0.163. The smallest absolute Gasteiger partial charge is 0.125 e. The molecule has 4 heteroatoms. The maximum absolute atomic E-state index is 5.78. The molecule has 1 aliphatic heterocycles. The largest absolute Gasteiger partial charge is 0.327 e. The summed E-state index contributed by atoms with van der Waals surface area (Å²) in [6, 6.07) is 6.48. The zero-order valence-electron chi connectivity index (χ0n) is 13.2. The first kappa shape index (κ1) is 14.9. The Labute approximate surface area is 131 Å². The Kier molecular flexibility index (Phi) is 4.02. The van der Waals surface area contributed by atoms with Crippen molar-refractivity contribution in [2.24, 2.45) is 11.7 Å². The second-order valence-corrected chi connectivity index (χ2v) is 8.25. The first-order valence-electron chi connectivity index (χ1n) is 7.87. The van der Waals surface area contributed by atoms with Gasteiger partial charge in [0.1, 0.15) is 5.82 Å². The lowest BCUT2D eigenvalue weighted by Crippen LogP contribution is -2.21. The Bertz CT molecular complexity index is 639. The van der Waals surface area contributed by atoms with Crippen LogP contribution in [0.3, 0.4) is 0 Å². The fourth-order valence-corrected chi connectivity index (χ4v) is 4.52. The van der Waals surface area contributed by atoms with Gasteiger partial charge in [-0.3, -0.25) is 0 Å². The Balaban J connectivity index is 2.16. The summed E-state index contributed by atoms with van der Waals surface area (Å²) in [5.41, 5.74) is 9.29. The van der Waals surface area contributed by atoms with Crippen LogP contribution in [0.2, 0.25) is 0 Å². The number of imidazole rings is 1. The van der Waals surface area contributed by atoms with Gasteiger partial charge in [0.05, 0.1) is 15.8 Å². The summed E-state index contributed by atoms with van der Waals surface area (Å²) in [7, 11) is 0. The Hall–Kier alpha value is -1.00. The third-order valence-electron chi connectivity index (χ3n) is 4.29. The highest BCUT2D eigenvalue weighted by molar-refractivity contribution is 8.00. The van der Waals surface area contributed by atoms with Crippen LogP contribution < -0.4 is 5.73 Å². The summed E-state index contributed by atoms with van der Waals surface area (Å²) in [5.74, 6) is 3.11. The number of hydrogen-bond donors (Lipinski definition) is 1. The van der Waals surface area contributed by atoms with E-state index in [9.17, 15) is 0 Å². The first-order chi connectivity index (χ1) is 10.0. The van der Waals surface area contributed by atoms with Crippen molar-refractivity contribution >= 4 is 22.8 Å². The Morgan fingerprint density at radius 3 is 2.86 bits per heavy atom. The zero-order chi connectivity index (χ0) is 15.0. The molecule has 21 heavy (non-hydrogen) atoms. The van der Waals surface area contributed by atoms with Crippen LogP contribution in [0.1, 0.15) is 45.0 Å². The maximum atomic E-state index is 5.78. The Morgan fingerprint density at radius 2 is 2.24 bits per heavy atom. The molecule has 3 nitrogen and oxygen atoms in total. The van der Waals surface area contributed by atoms with Crippen LogP contribution >= 0.6 is 11.8 Å². The van der Waals surface area contributed by atoms with Gasteiger partial charge in [-0.2, -0.15) is 0 Å². The molecule has 0 amide bonds. The number of nitrogens with zero attached hydrogens (tertiary/aromatic N) is 2. The van der Waals surface area contributed by atoms with E-state index in [-0.39, 0.29) is 4.75 Å². The molecule has 0 saturated carbocycles. The van der Waals surface area contributed by atoms with Crippen molar-refractivity contribution in [2.75, 3.05) is 5.75 Å². The molecule has 1 fully saturated rings. The van der Waals surface area contributed by atoms with Crippen LogP contribution in [0.5, 0.6) is 0 Å². The zero-order valence-corrected chi connectivity index (χ0v) is 14.0. The molecule has 1 aromatic heterocycles. The summed E-state index contributed by atoms with van der Waals surface area (Å²) in [6.45, 7) is 8.51. The van der Waals surface area contributed by atoms with Crippen LogP contribution in [0.4, 0.5) is 0 Å². The summed E-state index contributed by atoms with van der Waals surface area (Å²) < 4.78 is 2.61. The molecule has 1 aliphatic rings. The molecule has 0 radical (unpaired) electrons. The standard InChI is InChI=1S/C17H25N3S/c1-12(2)11-20-15-6-5-13(10-18)9-14(15)19-16(20)17(3)7-4-8-21-17/h5-6,9,12H,4,7-8,10-11,18H2,1-3H3. The molecule has 114 valence electrons. The molecule has 2 aromatic rings. The van der Waals surface area contributed by atoms with E-state index in [1.54, 1.807) is 0 Å². The molecular formula is C17H25N3S. The molecule has 3 rings (SSSR count). The van der Waals surface area contributed by atoms with Gasteiger partial charge in [-0.25, -0.2) is 4.98 Å². The molecule has 0 spiro atoms. The van der Waals surface area contributed by atoms with E-state index in [4.69, 9.17) is 10.7 Å². The predicted molar refractivity (Wildman–Crippen MR) is 91.5 cm³/mol. The average molecular weight is 303 g/mol. The first-order valence-corrected chi connectivity index (χ1v) is 8.86. The number of thioether (sulfide) groups is 1. The third kappa shape index (κ3) is 2.71. The quantitative estimate of drug-likeness (QED) is 0.932. The van der Waals surface area contributed by atoms with Crippen molar-refractivity contribution in [1.29, 1.82) is 0 Å². The van der Waals surface area contributed by atoms with Crippen LogP contribution in [0, 0.1) is 5.92 Å². The van der Waals surface area contributed by atoms with Gasteiger partial charge in [0.25, 0.3) is 0 Å². The molecule has 1 aromatic carbocycles. The summed E-state index contributed by atoms with van der Waals surface area (Å²) in [5, 5.41) is 0. The van der Waals surface area contributed by atoms with Crippen LogP contribution in [-0.4, -0.2) is 15.3 Å². The van der Waals surface area contributed by atoms with Crippen LogP contribution in [0.15, 0.2) is 18.2 Å². The highest BCUT2D eigenvalue weighted by Gasteiger charge is 2.36. The van der Waals surface area contributed by atoms with E-state index in [1.165, 1.54) is 29.9 Å². The van der Waals surface area contributed by atoms with Gasteiger partial charge in [0.15, 0.2) is 0 Å². The minimum Gasteiger partial charge on any atom is -0.327 e. The van der Waals surface area contributed by atoms with Crippen LogP contribution in [-0.2, 0) is 17.8 Å². The highest BCUT2D eigenvalue weighted by Crippen LogP contribution is 2.46. The summed E-state index contributed by atoms with van der Waals surface area (Å²) >= 11 is 2.06. The molecule has 1 atom stereocenters. The van der Waals surface area contributed by atoms with Gasteiger partial charge in [0, 0.05) is 13.1 Å². The summed E-state index contributed by atoms with van der Waals surface area (Å²) in [4.78, 5) is 5.01. The van der Waals surface area contributed by atoms with E-state index in [0.29, 0.717) is 12.5 Å². The lowest BCUT2D eigenvalue weighted by Gasteiger charge is -2.24. The second kappa shape index (κ2) is 5.65. The van der Waals surface area contributed by atoms with Crippen LogP contribution in [0.25, 0.3) is 11.0 Å². The van der Waals surface area contributed by atoms with Gasteiger partial charge in [-0.1, -0.05) is 19.9 Å². The predicted octanol–water partition coefficient (Wildman–Crippen LogP) is 3.89. The van der Waals surface area contributed by atoms with Crippen molar-refractivity contribution in [1.82, 2.24) is 9.55 Å². The van der Waals surface area contributed by atoms with Gasteiger partial charge in [-0.05, 0) is 49.1 Å². The van der Waals surface area contributed by atoms with Gasteiger partial charge < -0.3 is 10.3 Å². The van der Waals surface area contributed by atoms with E-state index < -0.39 is 0 Å². The Morgan fingerprint density at radius 1 is 1.43 bits per heavy atom. The van der Waals surface area contributed by atoms with E-state index >= 15 is 0 Å². The van der Waals surface area contributed by atoms with E-state index in [0.717, 1.165) is 17.6 Å². The molecule has 2 heterocycles. The minimum atomic E-state index is 0.163. The number of nitrogens with two attached hydrogens (primary N) is 1. The maximum Gasteiger partial charge on any atom is 0.125 e. The molecule has 1 unspecified atom stereocenters. The van der Waals surface area contributed by atoms with Crippen molar-refractivity contribution in [3.63, 3.8) is 0 Å². The van der Waals surface area contributed by atoms with Crippen molar-refractivity contribution < 1.29 is 0 Å². The molecule has 0 aliphatic carbocycles. The van der Waals surface area contributed by atoms with Gasteiger partial charge >= 0.3 is 0 Å². The fraction of sp³-hybridized carbons (Fsp3) is 0.588. The van der Waals surface area contributed by atoms with E-state index in [2.05, 4.69) is 55.3 Å². The number of benzene rings is 1. The fourth-order valence-electron chi connectivity index (χ4n) is 3.21. The number of fused-ring (bicyclic) bond motifs is 1. The number of rotatable bonds is 4. The molecule has 0 bridgehead atoms. The van der Waals surface area contributed by atoms with Gasteiger partial charge in [-0.15, -0.1) is 11.8 Å². The van der Waals surface area contributed by atoms with Gasteiger partial charge in [0.2, 0.25) is 0 Å². The van der Waals surface area contributed by atoms with Crippen molar-refractivity contribution in [2.45, 2.75) is 51.4 Å². The molecule has 1 saturated heterocycles. The lowest BCUT2D eigenvalue weighted by atomic mass is 10.0. The number of aromatic nitrogens is 2. The average Bonchev–Trinajstić information content (AvgIpc) is 3.03. The topological polar surface area (TPSA) is 43.8 Å². The SMILES string of the molecule is CC(C)Cn1c(C2(C)CCCS2)nc2cc(CN)ccc21.